The van der Waals surface area contributed by atoms with E-state index in [9.17, 15) is 22.5 Å². The fraction of sp³-hybridized carbons (Fsp3) is 0.412. The van der Waals surface area contributed by atoms with E-state index in [1.54, 1.807) is 12.3 Å². The van der Waals surface area contributed by atoms with Crippen LogP contribution in [0.25, 0.3) is 16.0 Å². The van der Waals surface area contributed by atoms with Crippen LogP contribution in [0.1, 0.15) is 48.6 Å². The van der Waals surface area contributed by atoms with Crippen molar-refractivity contribution in [2.45, 2.75) is 48.5 Å². The number of hydrogen-bond acceptors (Lipinski definition) is 7. The minimum absolute atomic E-state index is 0.0220. The second-order valence-corrected chi connectivity index (χ2v) is 9.97. The van der Waals surface area contributed by atoms with E-state index in [4.69, 9.17) is 0 Å². The molecule has 0 bridgehead atoms. The van der Waals surface area contributed by atoms with Gasteiger partial charge in [0.2, 0.25) is 15.2 Å². The van der Waals surface area contributed by atoms with Gasteiger partial charge in [0.15, 0.2) is 5.01 Å². The van der Waals surface area contributed by atoms with E-state index < -0.39 is 27.0 Å². The van der Waals surface area contributed by atoms with E-state index in [1.165, 1.54) is 10.7 Å². The highest BCUT2D eigenvalue weighted by Gasteiger charge is 2.47. The summed E-state index contributed by atoms with van der Waals surface area (Å²) in [7, 11) is -3.94. The number of alkyl halides is 2. The maximum atomic E-state index is 12.9. The molecule has 0 saturated heterocycles. The van der Waals surface area contributed by atoms with Crippen molar-refractivity contribution in [3.05, 3.63) is 28.9 Å². The van der Waals surface area contributed by atoms with Gasteiger partial charge in [-0.1, -0.05) is 11.3 Å². The molecule has 0 radical (unpaired) electrons. The van der Waals surface area contributed by atoms with Crippen LogP contribution >= 0.6 is 11.3 Å². The standard InChI is InChI=1S/C17H14F2N6O2S2/c18-14(19)15-22-23-16(28-15)25-13-6-10(29(26,27)24-17(8-20)3-4-17)5-11(9-1-2-9)12(13)7-21-25/h5-7,9,14,24H,1-4H2. The molecule has 0 unspecified atom stereocenters. The normalized spacial score (nSPS) is 18.3. The van der Waals surface area contributed by atoms with Gasteiger partial charge in [-0.15, -0.1) is 10.2 Å². The Balaban J connectivity index is 1.65. The van der Waals surface area contributed by atoms with Crippen LogP contribution in [-0.2, 0) is 10.0 Å². The summed E-state index contributed by atoms with van der Waals surface area (Å²) in [6.07, 6.45) is 1.67. The van der Waals surface area contributed by atoms with Crippen LogP contribution in [0.2, 0.25) is 0 Å². The Bertz CT molecular complexity index is 1270. The second kappa shape index (κ2) is 6.25. The minimum atomic E-state index is -3.94. The highest BCUT2D eigenvalue weighted by Crippen LogP contribution is 2.45. The van der Waals surface area contributed by atoms with E-state index in [-0.39, 0.29) is 15.9 Å². The van der Waals surface area contributed by atoms with E-state index in [0.717, 1.165) is 23.8 Å². The highest BCUT2D eigenvalue weighted by molar-refractivity contribution is 7.89. The maximum Gasteiger partial charge on any atom is 0.291 e. The number of fused-ring (bicyclic) bond motifs is 1. The third-order valence-electron chi connectivity index (χ3n) is 5.11. The van der Waals surface area contributed by atoms with Gasteiger partial charge in [0.25, 0.3) is 6.43 Å². The SMILES string of the molecule is N#CC1(NS(=O)(=O)c2cc(C3CC3)c3cnn(-c4nnc(C(F)F)s4)c3c2)CC1. The van der Waals surface area contributed by atoms with E-state index in [1.807, 2.05) is 6.07 Å². The predicted molar refractivity (Wildman–Crippen MR) is 99.4 cm³/mol. The van der Waals surface area contributed by atoms with Crippen molar-refractivity contribution >= 4 is 32.3 Å². The summed E-state index contributed by atoms with van der Waals surface area (Å²) in [5, 5.41) is 21.2. The van der Waals surface area contributed by atoms with Gasteiger partial charge in [-0.3, -0.25) is 0 Å². The second-order valence-electron chi connectivity index (χ2n) is 7.30. The van der Waals surface area contributed by atoms with Crippen molar-refractivity contribution < 1.29 is 17.2 Å². The number of rotatable bonds is 6. The molecule has 2 heterocycles. The van der Waals surface area contributed by atoms with Gasteiger partial charge in [-0.25, -0.2) is 21.9 Å². The molecule has 1 aromatic carbocycles. The molecule has 2 aliphatic carbocycles. The summed E-state index contributed by atoms with van der Waals surface area (Å²) in [6, 6.07) is 5.07. The summed E-state index contributed by atoms with van der Waals surface area (Å²) >= 11 is 0.701. The molecular formula is C17H14F2N6O2S2. The molecule has 2 aromatic heterocycles. The molecule has 3 aromatic rings. The number of hydrogen-bond donors (Lipinski definition) is 1. The molecule has 5 rings (SSSR count). The first kappa shape index (κ1) is 18.5. The van der Waals surface area contributed by atoms with E-state index in [2.05, 4.69) is 20.0 Å². The summed E-state index contributed by atoms with van der Waals surface area (Å²) in [5.74, 6) is 0.224. The number of aromatic nitrogens is 4. The monoisotopic (exact) mass is 436 g/mol. The van der Waals surface area contributed by atoms with Gasteiger partial charge in [-0.2, -0.15) is 15.1 Å². The third-order valence-corrected chi connectivity index (χ3v) is 7.54. The highest BCUT2D eigenvalue weighted by atomic mass is 32.2. The average molecular weight is 436 g/mol. The molecule has 12 heteroatoms. The molecular weight excluding hydrogens is 422 g/mol. The molecule has 2 aliphatic rings. The molecule has 29 heavy (non-hydrogen) atoms. The number of nitrogens with one attached hydrogen (secondary N) is 1. The number of halogens is 2. The lowest BCUT2D eigenvalue weighted by Crippen LogP contribution is -2.35. The Morgan fingerprint density at radius 1 is 1.31 bits per heavy atom. The largest absolute Gasteiger partial charge is 0.291 e. The molecule has 2 fully saturated rings. The maximum absolute atomic E-state index is 12.9. The quantitative estimate of drug-likeness (QED) is 0.635. The van der Waals surface area contributed by atoms with Crippen LogP contribution in [-0.4, -0.2) is 33.9 Å². The zero-order chi connectivity index (χ0) is 20.4. The van der Waals surface area contributed by atoms with Gasteiger partial charge in [0.05, 0.1) is 22.7 Å². The molecule has 150 valence electrons. The summed E-state index contributed by atoms with van der Waals surface area (Å²) in [4.78, 5) is 0.0220. The predicted octanol–water partition coefficient (Wildman–Crippen LogP) is 3.03. The van der Waals surface area contributed by atoms with Crippen molar-refractivity contribution in [3.8, 4) is 11.2 Å². The Morgan fingerprint density at radius 3 is 2.66 bits per heavy atom. The summed E-state index contributed by atoms with van der Waals surface area (Å²) in [5.41, 5.74) is 0.252. The van der Waals surface area contributed by atoms with Gasteiger partial charge >= 0.3 is 0 Å². The first-order valence-electron chi connectivity index (χ1n) is 8.91. The Morgan fingerprint density at radius 2 is 2.07 bits per heavy atom. The summed E-state index contributed by atoms with van der Waals surface area (Å²) < 4.78 is 55.5. The lowest BCUT2D eigenvalue weighted by atomic mass is 10.1. The van der Waals surface area contributed by atoms with Crippen molar-refractivity contribution in [1.29, 1.82) is 5.26 Å². The lowest BCUT2D eigenvalue weighted by Gasteiger charge is -2.12. The minimum Gasteiger partial charge on any atom is -0.207 e. The van der Waals surface area contributed by atoms with Crippen molar-refractivity contribution in [2.24, 2.45) is 0 Å². The lowest BCUT2D eigenvalue weighted by molar-refractivity contribution is 0.150. The van der Waals surface area contributed by atoms with Gasteiger partial charge in [-0.05, 0) is 49.3 Å². The van der Waals surface area contributed by atoms with Crippen LogP contribution in [0, 0.1) is 11.3 Å². The van der Waals surface area contributed by atoms with Gasteiger partial charge in [0, 0.05) is 5.39 Å². The van der Waals surface area contributed by atoms with Crippen LogP contribution < -0.4 is 4.72 Å². The molecule has 2 saturated carbocycles. The number of benzene rings is 1. The van der Waals surface area contributed by atoms with Gasteiger partial charge < -0.3 is 0 Å². The number of nitriles is 1. The molecule has 1 N–H and O–H groups in total. The average Bonchev–Trinajstić information content (AvgIpc) is 3.57. The van der Waals surface area contributed by atoms with Crippen molar-refractivity contribution in [3.63, 3.8) is 0 Å². The Kier molecular flexibility index (Phi) is 4.00. The zero-order valence-corrected chi connectivity index (χ0v) is 16.5. The Hall–Kier alpha value is -2.49. The van der Waals surface area contributed by atoms with Crippen molar-refractivity contribution in [2.75, 3.05) is 0 Å². The first-order valence-corrected chi connectivity index (χ1v) is 11.2. The number of sulfonamides is 1. The molecule has 0 amide bonds. The molecule has 8 nitrogen and oxygen atoms in total. The van der Waals surface area contributed by atoms with Crippen LogP contribution in [0.5, 0.6) is 0 Å². The fourth-order valence-electron chi connectivity index (χ4n) is 3.24. The van der Waals surface area contributed by atoms with Crippen LogP contribution in [0.3, 0.4) is 0 Å². The molecule has 0 aliphatic heterocycles. The smallest absolute Gasteiger partial charge is 0.207 e. The fourth-order valence-corrected chi connectivity index (χ4v) is 5.35. The first-order chi connectivity index (χ1) is 13.8. The Labute approximate surface area is 168 Å². The third kappa shape index (κ3) is 3.19. The van der Waals surface area contributed by atoms with Crippen LogP contribution in [0.4, 0.5) is 8.78 Å². The molecule has 0 spiro atoms. The molecule has 0 atom stereocenters. The topological polar surface area (TPSA) is 114 Å². The van der Waals surface area contributed by atoms with Crippen LogP contribution in [0.15, 0.2) is 23.2 Å². The van der Waals surface area contributed by atoms with Crippen molar-refractivity contribution in [1.82, 2.24) is 24.7 Å². The van der Waals surface area contributed by atoms with E-state index in [0.29, 0.717) is 29.7 Å². The van der Waals surface area contributed by atoms with E-state index >= 15 is 0 Å². The zero-order valence-electron chi connectivity index (χ0n) is 14.8. The number of nitrogens with zero attached hydrogens (tertiary/aromatic N) is 5. The van der Waals surface area contributed by atoms with Gasteiger partial charge in [0.1, 0.15) is 5.54 Å². The summed E-state index contributed by atoms with van der Waals surface area (Å²) in [6.45, 7) is 0.